The Bertz CT molecular complexity index is 1160. The van der Waals surface area contributed by atoms with Crippen molar-refractivity contribution < 1.29 is 19.1 Å². The first kappa shape index (κ1) is 24.3. The lowest BCUT2D eigenvalue weighted by Gasteiger charge is -2.41. The Kier molecular flexibility index (Phi) is 7.70. The molecular formula is C29H32N2O4. The van der Waals surface area contributed by atoms with E-state index in [1.807, 2.05) is 54.6 Å². The van der Waals surface area contributed by atoms with E-state index in [4.69, 9.17) is 9.47 Å². The van der Waals surface area contributed by atoms with Gasteiger partial charge in [-0.3, -0.25) is 9.59 Å². The summed E-state index contributed by atoms with van der Waals surface area (Å²) in [6.07, 6.45) is 4.10. The molecule has 1 saturated carbocycles. The van der Waals surface area contributed by atoms with Crippen LogP contribution in [-0.2, 0) is 5.54 Å². The van der Waals surface area contributed by atoms with Crippen molar-refractivity contribution in [2.75, 3.05) is 20.8 Å². The number of carbonyl (C=O) groups excluding carboxylic acids is 2. The fourth-order valence-electron chi connectivity index (χ4n) is 5.10. The van der Waals surface area contributed by atoms with Gasteiger partial charge in [0.2, 0.25) is 0 Å². The second-order valence-electron chi connectivity index (χ2n) is 8.86. The Morgan fingerprint density at radius 1 is 0.771 bits per heavy atom. The number of amides is 2. The van der Waals surface area contributed by atoms with Crippen molar-refractivity contribution in [3.8, 4) is 11.5 Å². The summed E-state index contributed by atoms with van der Waals surface area (Å²) in [5.41, 5.74) is 1.10. The lowest BCUT2D eigenvalue weighted by atomic mass is 9.76. The molecule has 6 nitrogen and oxygen atoms in total. The van der Waals surface area contributed by atoms with Gasteiger partial charge in [0.15, 0.2) is 0 Å². The van der Waals surface area contributed by atoms with Crippen LogP contribution in [0.15, 0.2) is 78.9 Å². The van der Waals surface area contributed by atoms with E-state index in [0.717, 1.165) is 31.2 Å². The molecule has 2 N–H and O–H groups in total. The van der Waals surface area contributed by atoms with Crippen LogP contribution in [-0.4, -0.2) is 32.6 Å². The maximum absolute atomic E-state index is 13.7. The van der Waals surface area contributed by atoms with E-state index in [1.54, 1.807) is 38.5 Å². The highest BCUT2D eigenvalue weighted by Gasteiger charge is 2.43. The highest BCUT2D eigenvalue weighted by molar-refractivity contribution is 5.98. The van der Waals surface area contributed by atoms with E-state index in [9.17, 15) is 9.59 Å². The molecule has 0 radical (unpaired) electrons. The maximum atomic E-state index is 13.7. The zero-order valence-corrected chi connectivity index (χ0v) is 20.3. The van der Waals surface area contributed by atoms with Gasteiger partial charge >= 0.3 is 0 Å². The Morgan fingerprint density at radius 2 is 1.29 bits per heavy atom. The van der Waals surface area contributed by atoms with Crippen LogP contribution in [0.5, 0.6) is 11.5 Å². The van der Waals surface area contributed by atoms with Crippen LogP contribution in [0.1, 0.15) is 52.0 Å². The lowest BCUT2D eigenvalue weighted by molar-refractivity contribution is 0.0805. The predicted molar refractivity (Wildman–Crippen MR) is 136 cm³/mol. The molecule has 0 aliphatic heterocycles. The number of carbonyl (C=O) groups is 2. The third-order valence-corrected chi connectivity index (χ3v) is 6.91. The molecule has 0 spiro atoms. The lowest BCUT2D eigenvalue weighted by Crippen LogP contribution is -2.57. The summed E-state index contributed by atoms with van der Waals surface area (Å²) in [7, 11) is 3.10. The number of rotatable bonds is 9. The fraction of sp³-hybridized carbons (Fsp3) is 0.310. The minimum atomic E-state index is -0.784. The van der Waals surface area contributed by atoms with Crippen LogP contribution in [0.3, 0.4) is 0 Å². The van der Waals surface area contributed by atoms with Gasteiger partial charge in [0.1, 0.15) is 11.5 Å². The van der Waals surface area contributed by atoms with Crippen molar-refractivity contribution in [1.29, 1.82) is 0 Å². The van der Waals surface area contributed by atoms with Crippen molar-refractivity contribution >= 4 is 11.8 Å². The van der Waals surface area contributed by atoms with Gasteiger partial charge in [0, 0.05) is 6.54 Å². The first-order chi connectivity index (χ1) is 17.1. The highest BCUT2D eigenvalue weighted by Crippen LogP contribution is 2.41. The predicted octanol–water partition coefficient (Wildman–Crippen LogP) is 4.95. The molecular weight excluding hydrogens is 440 g/mol. The molecule has 0 saturated heterocycles. The summed E-state index contributed by atoms with van der Waals surface area (Å²) in [4.78, 5) is 26.9. The molecule has 35 heavy (non-hydrogen) atoms. The standard InChI is InChI=1S/C29H32N2O4/c1-34-25-18-10-8-16-23(25)27(32)30-20-29(22-14-6-7-15-22,21-12-4-3-5-13-21)31-28(33)24-17-9-11-19-26(24)35-2/h3-5,8-13,16-19,22H,6-7,14-15,20H2,1-2H3,(H,30,32)(H,31,33). The Hall–Kier alpha value is -3.80. The van der Waals surface area contributed by atoms with Crippen LogP contribution < -0.4 is 20.1 Å². The quantitative estimate of drug-likeness (QED) is 0.462. The molecule has 6 heteroatoms. The molecule has 1 atom stereocenters. The summed E-state index contributed by atoms with van der Waals surface area (Å²) in [6.45, 7) is 0.249. The summed E-state index contributed by atoms with van der Waals surface area (Å²) in [5.74, 6) is 0.712. The Balaban J connectivity index is 1.72. The highest BCUT2D eigenvalue weighted by atomic mass is 16.5. The number of hydrogen-bond donors (Lipinski definition) is 2. The minimum Gasteiger partial charge on any atom is -0.496 e. The molecule has 1 aliphatic rings. The summed E-state index contributed by atoms with van der Waals surface area (Å²) >= 11 is 0. The summed E-state index contributed by atoms with van der Waals surface area (Å²) < 4.78 is 10.8. The number of benzene rings is 3. The molecule has 0 bridgehead atoms. The molecule has 0 aromatic heterocycles. The normalized spacial score (nSPS) is 15.1. The van der Waals surface area contributed by atoms with Crippen molar-refractivity contribution in [2.24, 2.45) is 5.92 Å². The Labute approximate surface area is 206 Å². The average molecular weight is 473 g/mol. The van der Waals surface area contributed by atoms with Crippen LogP contribution in [0.25, 0.3) is 0 Å². The van der Waals surface area contributed by atoms with E-state index >= 15 is 0 Å². The van der Waals surface area contributed by atoms with Gasteiger partial charge in [-0.15, -0.1) is 0 Å². The molecule has 1 unspecified atom stereocenters. The maximum Gasteiger partial charge on any atom is 0.255 e. The Morgan fingerprint density at radius 3 is 1.86 bits per heavy atom. The van der Waals surface area contributed by atoms with Crippen molar-refractivity contribution in [1.82, 2.24) is 10.6 Å². The molecule has 2 amide bonds. The van der Waals surface area contributed by atoms with E-state index in [1.165, 1.54) is 0 Å². The van der Waals surface area contributed by atoms with Crippen molar-refractivity contribution in [2.45, 2.75) is 31.2 Å². The van der Waals surface area contributed by atoms with Gasteiger partial charge in [0.25, 0.3) is 11.8 Å². The van der Waals surface area contributed by atoms with Gasteiger partial charge in [-0.1, -0.05) is 67.4 Å². The van der Waals surface area contributed by atoms with E-state index in [2.05, 4.69) is 10.6 Å². The smallest absolute Gasteiger partial charge is 0.255 e. The zero-order valence-electron chi connectivity index (χ0n) is 20.3. The number of nitrogens with one attached hydrogen (secondary N) is 2. The molecule has 4 rings (SSSR count). The molecule has 3 aromatic rings. The van der Waals surface area contributed by atoms with Crippen LogP contribution in [0.4, 0.5) is 0 Å². The molecule has 3 aromatic carbocycles. The van der Waals surface area contributed by atoms with E-state index in [-0.39, 0.29) is 24.3 Å². The third-order valence-electron chi connectivity index (χ3n) is 6.91. The van der Waals surface area contributed by atoms with E-state index < -0.39 is 5.54 Å². The van der Waals surface area contributed by atoms with Gasteiger partial charge in [-0.05, 0) is 48.6 Å². The number of ether oxygens (including phenoxy) is 2. The first-order valence-corrected chi connectivity index (χ1v) is 12.0. The fourth-order valence-corrected chi connectivity index (χ4v) is 5.10. The molecule has 1 fully saturated rings. The number of methoxy groups -OCH3 is 2. The van der Waals surface area contributed by atoms with Gasteiger partial charge in [0.05, 0.1) is 30.9 Å². The van der Waals surface area contributed by atoms with E-state index in [0.29, 0.717) is 22.6 Å². The van der Waals surface area contributed by atoms with Crippen molar-refractivity contribution in [3.05, 3.63) is 95.6 Å². The minimum absolute atomic E-state index is 0.168. The number of para-hydroxylation sites is 2. The van der Waals surface area contributed by atoms with Crippen LogP contribution in [0.2, 0.25) is 0 Å². The average Bonchev–Trinajstić information content (AvgIpc) is 3.47. The molecule has 1 aliphatic carbocycles. The summed E-state index contributed by atoms with van der Waals surface area (Å²) in [6, 6.07) is 24.3. The van der Waals surface area contributed by atoms with Gasteiger partial charge in [-0.2, -0.15) is 0 Å². The van der Waals surface area contributed by atoms with Crippen LogP contribution >= 0.6 is 0 Å². The second kappa shape index (κ2) is 11.1. The van der Waals surface area contributed by atoms with Gasteiger partial charge in [-0.25, -0.2) is 0 Å². The largest absolute Gasteiger partial charge is 0.496 e. The topological polar surface area (TPSA) is 76.7 Å². The number of hydrogen-bond acceptors (Lipinski definition) is 4. The summed E-state index contributed by atoms with van der Waals surface area (Å²) in [5, 5.41) is 6.46. The third kappa shape index (κ3) is 5.16. The first-order valence-electron chi connectivity index (χ1n) is 12.0. The molecule has 182 valence electrons. The monoisotopic (exact) mass is 472 g/mol. The zero-order chi connectivity index (χ0) is 24.7. The SMILES string of the molecule is COc1ccccc1C(=O)NCC(NC(=O)c1ccccc1OC)(c1ccccc1)C1CCCC1. The van der Waals surface area contributed by atoms with Crippen LogP contribution in [0, 0.1) is 5.92 Å². The molecule has 0 heterocycles. The van der Waals surface area contributed by atoms with Gasteiger partial charge < -0.3 is 20.1 Å². The second-order valence-corrected chi connectivity index (χ2v) is 8.86. The van der Waals surface area contributed by atoms with Crippen molar-refractivity contribution in [3.63, 3.8) is 0 Å².